The molecule has 0 bridgehead atoms. The Morgan fingerprint density at radius 1 is 1.39 bits per heavy atom. The Morgan fingerprint density at radius 3 is 2.67 bits per heavy atom. The highest BCUT2D eigenvalue weighted by Gasteiger charge is 2.27. The number of ether oxygens (including phenoxy) is 1. The van der Waals surface area contributed by atoms with Crippen LogP contribution in [0.15, 0.2) is 12.5 Å². The summed E-state index contributed by atoms with van der Waals surface area (Å²) in [6.45, 7) is -0.0977. The molecule has 0 spiro atoms. The maximum atomic E-state index is 11.5. The number of amides is 2. The highest BCUT2D eigenvalue weighted by atomic mass is 16.5. The maximum Gasteiger partial charge on any atom is 0.343 e. The molecule has 1 aliphatic rings. The number of carbonyl (C=O) groups excluding carboxylic acids is 3. The highest BCUT2D eigenvalue weighted by Crippen LogP contribution is 2.17. The topological polar surface area (TPSA) is 101 Å². The van der Waals surface area contributed by atoms with Gasteiger partial charge in [0.2, 0.25) is 11.8 Å². The van der Waals surface area contributed by atoms with Crippen molar-refractivity contribution in [2.75, 3.05) is 25.1 Å². The molecular formula is C10H10N4O4. The summed E-state index contributed by atoms with van der Waals surface area (Å²) in [7, 11) is 1.23. The third kappa shape index (κ3) is 2.26. The molecule has 1 aromatic heterocycles. The van der Waals surface area contributed by atoms with Gasteiger partial charge in [0.15, 0.2) is 0 Å². The van der Waals surface area contributed by atoms with Crippen LogP contribution in [0.4, 0.5) is 5.82 Å². The summed E-state index contributed by atoms with van der Waals surface area (Å²) < 4.78 is 4.59. The van der Waals surface area contributed by atoms with E-state index in [-0.39, 0.29) is 24.5 Å². The van der Waals surface area contributed by atoms with Crippen LogP contribution in [0.1, 0.15) is 10.4 Å². The van der Waals surface area contributed by atoms with Crippen molar-refractivity contribution in [2.45, 2.75) is 0 Å². The quantitative estimate of drug-likeness (QED) is 0.515. The standard InChI is InChI=1S/C10H10N4O4/c1-18-10(17)6-2-11-5-12-9(6)14-3-7(15)13-8(16)4-14/h2,5H,3-4H2,1H3,(H,13,15,16). The van der Waals surface area contributed by atoms with Crippen molar-refractivity contribution in [3.05, 3.63) is 18.1 Å². The van der Waals surface area contributed by atoms with Crippen molar-refractivity contribution in [2.24, 2.45) is 0 Å². The third-order valence-electron chi connectivity index (χ3n) is 2.34. The minimum absolute atomic E-state index is 0.0489. The number of nitrogens with zero attached hydrogens (tertiary/aromatic N) is 3. The lowest BCUT2D eigenvalue weighted by molar-refractivity contribution is -0.130. The van der Waals surface area contributed by atoms with Gasteiger partial charge in [-0.1, -0.05) is 0 Å². The van der Waals surface area contributed by atoms with Gasteiger partial charge < -0.3 is 9.64 Å². The normalized spacial score (nSPS) is 15.3. The van der Waals surface area contributed by atoms with E-state index < -0.39 is 17.8 Å². The van der Waals surface area contributed by atoms with Gasteiger partial charge >= 0.3 is 5.97 Å². The fourth-order valence-corrected chi connectivity index (χ4v) is 1.62. The van der Waals surface area contributed by atoms with Gasteiger partial charge in [-0.05, 0) is 0 Å². The van der Waals surface area contributed by atoms with Crippen LogP contribution < -0.4 is 10.2 Å². The average Bonchev–Trinajstić information content (AvgIpc) is 2.36. The number of anilines is 1. The molecule has 0 atom stereocenters. The lowest BCUT2D eigenvalue weighted by atomic mass is 10.2. The first-order chi connectivity index (χ1) is 8.61. The summed E-state index contributed by atoms with van der Waals surface area (Å²) in [6.07, 6.45) is 2.52. The number of methoxy groups -OCH3 is 1. The number of imide groups is 1. The monoisotopic (exact) mass is 250 g/mol. The second-order valence-electron chi connectivity index (χ2n) is 3.58. The van der Waals surface area contributed by atoms with E-state index in [1.54, 1.807) is 0 Å². The molecule has 0 aromatic carbocycles. The second-order valence-corrected chi connectivity index (χ2v) is 3.58. The van der Waals surface area contributed by atoms with E-state index in [1.807, 2.05) is 0 Å². The smallest absolute Gasteiger partial charge is 0.343 e. The third-order valence-corrected chi connectivity index (χ3v) is 2.34. The predicted molar refractivity (Wildman–Crippen MR) is 58.7 cm³/mol. The average molecular weight is 250 g/mol. The Balaban J connectivity index is 2.35. The van der Waals surface area contributed by atoms with Gasteiger partial charge in [0, 0.05) is 6.20 Å². The SMILES string of the molecule is COC(=O)c1cncnc1N1CC(=O)NC(=O)C1. The van der Waals surface area contributed by atoms with E-state index >= 15 is 0 Å². The van der Waals surface area contributed by atoms with Gasteiger partial charge in [-0.2, -0.15) is 0 Å². The largest absolute Gasteiger partial charge is 0.465 e. The lowest BCUT2D eigenvalue weighted by Crippen LogP contribution is -2.52. The van der Waals surface area contributed by atoms with Crippen LogP contribution in [0.3, 0.4) is 0 Å². The van der Waals surface area contributed by atoms with E-state index in [4.69, 9.17) is 0 Å². The van der Waals surface area contributed by atoms with Crippen LogP contribution in [0, 0.1) is 0 Å². The molecule has 0 aliphatic carbocycles. The maximum absolute atomic E-state index is 11.5. The Labute approximate surface area is 102 Å². The first-order valence-corrected chi connectivity index (χ1v) is 5.07. The lowest BCUT2D eigenvalue weighted by Gasteiger charge is -2.27. The van der Waals surface area contributed by atoms with Crippen molar-refractivity contribution >= 4 is 23.6 Å². The molecule has 2 rings (SSSR count). The van der Waals surface area contributed by atoms with Crippen LogP contribution in [0.5, 0.6) is 0 Å². The molecule has 1 saturated heterocycles. The number of piperazine rings is 1. The van der Waals surface area contributed by atoms with Gasteiger partial charge in [0.25, 0.3) is 0 Å². The molecule has 0 saturated carbocycles. The number of carbonyl (C=O) groups is 3. The molecule has 1 aromatic rings. The second kappa shape index (κ2) is 4.78. The number of hydrogen-bond acceptors (Lipinski definition) is 7. The number of nitrogens with one attached hydrogen (secondary N) is 1. The molecule has 94 valence electrons. The molecule has 2 heterocycles. The molecule has 18 heavy (non-hydrogen) atoms. The van der Waals surface area contributed by atoms with Gasteiger partial charge in [0.1, 0.15) is 17.7 Å². The van der Waals surface area contributed by atoms with Gasteiger partial charge in [0.05, 0.1) is 20.2 Å². The number of esters is 1. The summed E-state index contributed by atoms with van der Waals surface area (Å²) in [5, 5.41) is 2.16. The zero-order valence-corrected chi connectivity index (χ0v) is 9.54. The van der Waals surface area contributed by atoms with Crippen molar-refractivity contribution < 1.29 is 19.1 Å². The van der Waals surface area contributed by atoms with Gasteiger partial charge in [-0.3, -0.25) is 14.9 Å². The van der Waals surface area contributed by atoms with Gasteiger partial charge in [-0.15, -0.1) is 0 Å². The summed E-state index contributed by atoms with van der Waals surface area (Å²) in [5.74, 6) is -1.30. The highest BCUT2D eigenvalue weighted by molar-refractivity contribution is 6.04. The van der Waals surface area contributed by atoms with Crippen molar-refractivity contribution in [3.63, 3.8) is 0 Å². The Morgan fingerprint density at radius 2 is 2.06 bits per heavy atom. The zero-order chi connectivity index (χ0) is 13.1. The van der Waals surface area contributed by atoms with Crippen molar-refractivity contribution in [1.82, 2.24) is 15.3 Å². The van der Waals surface area contributed by atoms with E-state index in [0.29, 0.717) is 0 Å². The van der Waals surface area contributed by atoms with Crippen molar-refractivity contribution in [1.29, 1.82) is 0 Å². The first-order valence-electron chi connectivity index (χ1n) is 5.07. The van der Waals surface area contributed by atoms with Crippen molar-refractivity contribution in [3.8, 4) is 0 Å². The molecule has 8 heteroatoms. The molecule has 2 amide bonds. The minimum Gasteiger partial charge on any atom is -0.465 e. The number of aromatic nitrogens is 2. The minimum atomic E-state index is -0.621. The zero-order valence-electron chi connectivity index (χ0n) is 9.54. The summed E-state index contributed by atoms with van der Waals surface area (Å²) >= 11 is 0. The summed E-state index contributed by atoms with van der Waals surface area (Å²) in [5.41, 5.74) is 0.113. The van der Waals surface area contributed by atoms with Crippen LogP contribution in [0.25, 0.3) is 0 Å². The number of rotatable bonds is 2. The first kappa shape index (κ1) is 12.0. The Bertz CT molecular complexity index is 500. The molecule has 0 unspecified atom stereocenters. The predicted octanol–water partition coefficient (Wildman–Crippen LogP) is -1.27. The molecule has 8 nitrogen and oxygen atoms in total. The fraction of sp³-hybridized carbons (Fsp3) is 0.300. The molecule has 0 radical (unpaired) electrons. The van der Waals surface area contributed by atoms with E-state index in [0.717, 1.165) is 0 Å². The van der Waals surface area contributed by atoms with Crippen LogP contribution >= 0.6 is 0 Å². The summed E-state index contributed by atoms with van der Waals surface area (Å²) in [4.78, 5) is 43.1. The van der Waals surface area contributed by atoms with Crippen LogP contribution in [0.2, 0.25) is 0 Å². The molecule has 1 fully saturated rings. The summed E-state index contributed by atoms with van der Waals surface area (Å²) in [6, 6.07) is 0. The van der Waals surface area contributed by atoms with E-state index in [1.165, 1.54) is 24.5 Å². The number of hydrogen-bond donors (Lipinski definition) is 1. The molecular weight excluding hydrogens is 240 g/mol. The van der Waals surface area contributed by atoms with Crippen LogP contribution in [-0.4, -0.2) is 48.0 Å². The Kier molecular flexibility index (Phi) is 3.18. The Hall–Kier alpha value is -2.51. The van der Waals surface area contributed by atoms with Crippen LogP contribution in [-0.2, 0) is 14.3 Å². The molecule has 1 N–H and O–H groups in total. The van der Waals surface area contributed by atoms with E-state index in [2.05, 4.69) is 20.0 Å². The fourth-order valence-electron chi connectivity index (χ4n) is 1.62. The van der Waals surface area contributed by atoms with Gasteiger partial charge in [-0.25, -0.2) is 14.8 Å². The van der Waals surface area contributed by atoms with E-state index in [9.17, 15) is 14.4 Å². The molecule has 1 aliphatic heterocycles.